The maximum absolute atomic E-state index is 13.4. The molecule has 30 heavy (non-hydrogen) atoms. The third kappa shape index (κ3) is 3.94. The minimum atomic E-state index is -4.93. The molecule has 0 radical (unpaired) electrons. The summed E-state index contributed by atoms with van der Waals surface area (Å²) in [6.07, 6.45) is -4.13. The Kier molecular flexibility index (Phi) is 5.96. The second-order valence-electron chi connectivity index (χ2n) is 7.00. The average molecular weight is 417 g/mol. The summed E-state index contributed by atoms with van der Waals surface area (Å²) in [6, 6.07) is 10.5. The van der Waals surface area contributed by atoms with E-state index in [0.717, 1.165) is 15.7 Å². The van der Waals surface area contributed by atoms with Crippen LogP contribution in [0, 0.1) is 6.92 Å². The Morgan fingerprint density at radius 1 is 1.13 bits per heavy atom. The van der Waals surface area contributed by atoms with Crippen molar-refractivity contribution in [2.75, 3.05) is 5.32 Å². The number of alkyl halides is 3. The van der Waals surface area contributed by atoms with E-state index in [0.29, 0.717) is 12.1 Å². The number of hydrogen-bond acceptors (Lipinski definition) is 3. The molecule has 0 saturated carbocycles. The molecular weight excluding hydrogens is 395 g/mol. The van der Waals surface area contributed by atoms with Crippen molar-refractivity contribution in [3.05, 3.63) is 69.6 Å². The average Bonchev–Trinajstić information content (AvgIpc) is 2.70. The quantitative estimate of drug-likeness (QED) is 0.644. The lowest BCUT2D eigenvalue weighted by atomic mass is 10.0. The largest absolute Gasteiger partial charge is 0.438 e. The van der Waals surface area contributed by atoms with Crippen molar-refractivity contribution >= 4 is 22.6 Å². The van der Waals surface area contributed by atoms with Crippen LogP contribution in [0.1, 0.15) is 43.1 Å². The number of amides is 1. The van der Waals surface area contributed by atoms with Crippen molar-refractivity contribution in [2.24, 2.45) is 0 Å². The molecule has 158 valence electrons. The predicted octanol–water partition coefficient (Wildman–Crippen LogP) is 4.88. The predicted molar refractivity (Wildman–Crippen MR) is 110 cm³/mol. The van der Waals surface area contributed by atoms with E-state index >= 15 is 0 Å². The van der Waals surface area contributed by atoms with Crippen LogP contribution in [-0.4, -0.2) is 15.5 Å². The van der Waals surface area contributed by atoms with Crippen LogP contribution in [0.5, 0.6) is 0 Å². The minimum absolute atomic E-state index is 0.000754. The van der Waals surface area contributed by atoms with Crippen molar-refractivity contribution in [2.45, 2.75) is 45.8 Å². The van der Waals surface area contributed by atoms with Gasteiger partial charge >= 0.3 is 6.18 Å². The Hall–Kier alpha value is -3.16. The van der Waals surface area contributed by atoms with Crippen LogP contribution in [0.3, 0.4) is 0 Å². The van der Waals surface area contributed by atoms with Crippen LogP contribution in [0.4, 0.5) is 18.9 Å². The summed E-state index contributed by atoms with van der Waals surface area (Å²) in [5.41, 5.74) is -0.326. The summed E-state index contributed by atoms with van der Waals surface area (Å²) in [6.45, 7) is 5.43. The molecular formula is C22H22F3N3O2. The highest BCUT2D eigenvalue weighted by Crippen LogP contribution is 2.29. The first-order chi connectivity index (χ1) is 14.2. The number of nitrogens with one attached hydrogen (secondary N) is 1. The Morgan fingerprint density at radius 2 is 1.83 bits per heavy atom. The van der Waals surface area contributed by atoms with Crippen molar-refractivity contribution in [3.8, 4) is 0 Å². The number of para-hydroxylation sites is 3. The molecule has 0 aliphatic heterocycles. The topological polar surface area (TPSA) is 64.0 Å². The second-order valence-corrected chi connectivity index (χ2v) is 7.00. The van der Waals surface area contributed by atoms with Crippen molar-refractivity contribution in [1.29, 1.82) is 0 Å². The van der Waals surface area contributed by atoms with Gasteiger partial charge in [0.2, 0.25) is 11.6 Å². The number of hydrogen-bond donors (Lipinski definition) is 1. The molecule has 0 fully saturated rings. The number of halogens is 3. The first-order valence-electron chi connectivity index (χ1n) is 9.66. The van der Waals surface area contributed by atoms with Crippen molar-refractivity contribution < 1.29 is 18.0 Å². The molecule has 3 rings (SSSR count). The van der Waals surface area contributed by atoms with Gasteiger partial charge in [-0.2, -0.15) is 13.2 Å². The van der Waals surface area contributed by atoms with E-state index in [1.165, 1.54) is 18.2 Å². The third-order valence-electron chi connectivity index (χ3n) is 5.05. The molecule has 0 spiro atoms. The number of aromatic nitrogens is 2. The van der Waals surface area contributed by atoms with E-state index in [9.17, 15) is 22.8 Å². The Balaban J connectivity index is 2.17. The van der Waals surface area contributed by atoms with Gasteiger partial charge in [-0.05, 0) is 43.0 Å². The summed E-state index contributed by atoms with van der Waals surface area (Å²) in [5, 5.41) is 2.83. The Morgan fingerprint density at radius 3 is 2.47 bits per heavy atom. The normalized spacial score (nSPS) is 12.7. The minimum Gasteiger partial charge on any atom is -0.324 e. The number of carbonyl (C=O) groups excluding carboxylic acids is 1. The molecule has 3 aromatic rings. The zero-order chi connectivity index (χ0) is 22.1. The maximum atomic E-state index is 13.4. The summed E-state index contributed by atoms with van der Waals surface area (Å²) in [5.74, 6) is -0.548. The fourth-order valence-electron chi connectivity index (χ4n) is 3.54. The van der Waals surface area contributed by atoms with Gasteiger partial charge in [0.25, 0.3) is 5.56 Å². The highest BCUT2D eigenvalue weighted by Gasteiger charge is 2.38. The van der Waals surface area contributed by atoms with Gasteiger partial charge in [0.1, 0.15) is 6.04 Å². The zero-order valence-electron chi connectivity index (χ0n) is 16.9. The highest BCUT2D eigenvalue weighted by molar-refractivity contribution is 5.96. The number of nitrogens with zero attached hydrogens (tertiary/aromatic N) is 2. The molecule has 0 unspecified atom stereocenters. The number of aryl methyl sites for hydroxylation is 2. The van der Waals surface area contributed by atoms with E-state index in [-0.39, 0.29) is 17.5 Å². The molecule has 1 atom stereocenters. The lowest BCUT2D eigenvalue weighted by molar-refractivity contribution is -0.142. The summed E-state index contributed by atoms with van der Waals surface area (Å²) >= 11 is 0. The van der Waals surface area contributed by atoms with Gasteiger partial charge < -0.3 is 5.32 Å². The van der Waals surface area contributed by atoms with Crippen LogP contribution in [-0.2, 0) is 17.4 Å². The van der Waals surface area contributed by atoms with E-state index in [4.69, 9.17) is 0 Å². The summed E-state index contributed by atoms with van der Waals surface area (Å²) in [4.78, 5) is 29.4. The number of rotatable bonds is 5. The zero-order valence-corrected chi connectivity index (χ0v) is 16.9. The third-order valence-corrected chi connectivity index (χ3v) is 5.05. The first-order valence-corrected chi connectivity index (χ1v) is 9.66. The SMILES string of the molecule is CCc1cccc(C)c1NC(=O)[C@@H](CC)n1c(=O)c(C(F)(F)F)nc2ccccc21. The monoisotopic (exact) mass is 417 g/mol. The van der Waals surface area contributed by atoms with Crippen LogP contribution >= 0.6 is 0 Å². The van der Waals surface area contributed by atoms with E-state index in [1.54, 1.807) is 13.0 Å². The van der Waals surface area contributed by atoms with E-state index in [1.807, 2.05) is 32.0 Å². The number of anilines is 1. The molecule has 1 aromatic heterocycles. The molecule has 0 aliphatic carbocycles. The molecule has 0 saturated heterocycles. The molecule has 5 nitrogen and oxygen atoms in total. The first kappa shape index (κ1) is 21.5. The van der Waals surface area contributed by atoms with Gasteiger partial charge in [-0.1, -0.05) is 44.2 Å². The van der Waals surface area contributed by atoms with Gasteiger partial charge in [-0.15, -0.1) is 0 Å². The highest BCUT2D eigenvalue weighted by atomic mass is 19.4. The van der Waals surface area contributed by atoms with Gasteiger partial charge in [0.15, 0.2) is 0 Å². The van der Waals surface area contributed by atoms with Crippen molar-refractivity contribution in [3.63, 3.8) is 0 Å². The van der Waals surface area contributed by atoms with E-state index in [2.05, 4.69) is 10.3 Å². The lowest BCUT2D eigenvalue weighted by Crippen LogP contribution is -2.37. The lowest BCUT2D eigenvalue weighted by Gasteiger charge is -2.22. The number of carbonyl (C=O) groups is 1. The van der Waals surface area contributed by atoms with Crippen LogP contribution < -0.4 is 10.9 Å². The fraction of sp³-hybridized carbons (Fsp3) is 0.318. The Bertz CT molecular complexity index is 1150. The molecule has 0 bridgehead atoms. The smallest absolute Gasteiger partial charge is 0.324 e. The standard InChI is InChI=1S/C22H22F3N3O2/c1-4-14-10-8-9-13(3)18(14)27-20(29)16(5-2)28-17-12-7-6-11-15(17)26-19(21(28)30)22(23,24)25/h6-12,16H,4-5H2,1-3H3,(H,27,29)/t16-/m1/s1. The molecule has 8 heteroatoms. The maximum Gasteiger partial charge on any atom is 0.438 e. The molecule has 2 aromatic carbocycles. The van der Waals surface area contributed by atoms with Gasteiger partial charge in [0, 0.05) is 5.69 Å². The summed E-state index contributed by atoms with van der Waals surface area (Å²) < 4.78 is 41.2. The molecule has 1 amide bonds. The van der Waals surface area contributed by atoms with Crippen LogP contribution in [0.15, 0.2) is 47.3 Å². The molecule has 0 aliphatic rings. The van der Waals surface area contributed by atoms with Crippen molar-refractivity contribution in [1.82, 2.24) is 9.55 Å². The van der Waals surface area contributed by atoms with Gasteiger partial charge in [-0.25, -0.2) is 4.98 Å². The fourth-order valence-corrected chi connectivity index (χ4v) is 3.54. The van der Waals surface area contributed by atoms with Gasteiger partial charge in [-0.3, -0.25) is 14.2 Å². The molecule has 1 N–H and O–H groups in total. The number of fused-ring (bicyclic) bond motifs is 1. The second kappa shape index (κ2) is 8.30. The van der Waals surface area contributed by atoms with Crippen LogP contribution in [0.25, 0.3) is 11.0 Å². The summed E-state index contributed by atoms with van der Waals surface area (Å²) in [7, 11) is 0. The molecule has 1 heterocycles. The number of benzene rings is 2. The Labute approximate surface area is 171 Å². The van der Waals surface area contributed by atoms with Crippen LogP contribution in [0.2, 0.25) is 0 Å². The van der Waals surface area contributed by atoms with Gasteiger partial charge in [0.05, 0.1) is 11.0 Å². The van der Waals surface area contributed by atoms with E-state index < -0.39 is 29.4 Å².